The second kappa shape index (κ2) is 4.49. The zero-order valence-electron chi connectivity index (χ0n) is 10.3. The van der Waals surface area contributed by atoms with Gasteiger partial charge in [0.15, 0.2) is 5.75 Å². The smallest absolute Gasteiger partial charge is 0.433 e. The highest BCUT2D eigenvalue weighted by molar-refractivity contribution is 5.54. The van der Waals surface area contributed by atoms with Crippen molar-refractivity contribution in [3.63, 3.8) is 0 Å². The van der Waals surface area contributed by atoms with Gasteiger partial charge in [0, 0.05) is 13.1 Å². The Balaban J connectivity index is 2.32. The van der Waals surface area contributed by atoms with Crippen LogP contribution >= 0.6 is 0 Å². The highest BCUT2D eigenvalue weighted by atomic mass is 19.4. The van der Waals surface area contributed by atoms with E-state index in [2.05, 4.69) is 5.10 Å². The molecule has 7 heteroatoms. The van der Waals surface area contributed by atoms with Crippen LogP contribution in [-0.4, -0.2) is 9.78 Å². The van der Waals surface area contributed by atoms with E-state index in [1.54, 1.807) is 18.2 Å². The predicted octanol–water partition coefficient (Wildman–Crippen LogP) is 3.12. The largest absolute Gasteiger partial charge is 0.435 e. The molecule has 4 nitrogen and oxygen atoms in total. The molecule has 0 atom stereocenters. The van der Waals surface area contributed by atoms with E-state index in [0.717, 1.165) is 16.3 Å². The summed E-state index contributed by atoms with van der Waals surface area (Å²) in [7, 11) is 1.20. The van der Waals surface area contributed by atoms with Gasteiger partial charge in [0.05, 0.1) is 5.69 Å². The van der Waals surface area contributed by atoms with Crippen LogP contribution in [0.15, 0.2) is 24.3 Å². The standard InChI is InChI=1S/C12H12F3N3O/c1-7-3-4-8(16)9(5-7)19-11-6-10(12(13,14)15)18(2)17-11/h3-6H,16H2,1-2H3. The minimum Gasteiger partial charge on any atom is -0.435 e. The summed E-state index contributed by atoms with van der Waals surface area (Å²) in [5.74, 6) is 0.138. The number of nitrogen functional groups attached to an aromatic ring is 1. The molecule has 0 radical (unpaired) electrons. The lowest BCUT2D eigenvalue weighted by Gasteiger charge is -2.06. The molecule has 0 bridgehead atoms. The predicted molar refractivity (Wildman–Crippen MR) is 63.9 cm³/mol. The van der Waals surface area contributed by atoms with Gasteiger partial charge in [-0.2, -0.15) is 13.2 Å². The maximum atomic E-state index is 12.6. The molecule has 1 heterocycles. The minimum absolute atomic E-state index is 0.146. The Kier molecular flexibility index (Phi) is 3.13. The number of rotatable bonds is 2. The van der Waals surface area contributed by atoms with Gasteiger partial charge in [0.2, 0.25) is 5.88 Å². The summed E-state index contributed by atoms with van der Waals surface area (Å²) in [6, 6.07) is 5.87. The molecule has 102 valence electrons. The van der Waals surface area contributed by atoms with Crippen LogP contribution in [0.3, 0.4) is 0 Å². The monoisotopic (exact) mass is 271 g/mol. The van der Waals surface area contributed by atoms with Gasteiger partial charge in [-0.1, -0.05) is 6.07 Å². The molecule has 0 aliphatic carbocycles. The lowest BCUT2D eigenvalue weighted by Crippen LogP contribution is -2.11. The number of anilines is 1. The number of benzene rings is 1. The van der Waals surface area contributed by atoms with Gasteiger partial charge in [-0.05, 0) is 24.6 Å². The third kappa shape index (κ3) is 2.81. The Bertz CT molecular complexity index is 605. The first kappa shape index (κ1) is 13.3. The van der Waals surface area contributed by atoms with Crippen molar-refractivity contribution >= 4 is 5.69 Å². The molecule has 0 saturated heterocycles. The number of alkyl halides is 3. The molecule has 0 amide bonds. The average Bonchev–Trinajstić information content (AvgIpc) is 2.64. The summed E-state index contributed by atoms with van der Waals surface area (Å²) >= 11 is 0. The fourth-order valence-electron chi connectivity index (χ4n) is 1.60. The number of aryl methyl sites for hydroxylation is 2. The maximum absolute atomic E-state index is 12.6. The maximum Gasteiger partial charge on any atom is 0.433 e. The van der Waals surface area contributed by atoms with E-state index in [0.29, 0.717) is 5.69 Å². The molecular weight excluding hydrogens is 259 g/mol. The molecule has 2 aromatic rings. The highest BCUT2D eigenvalue weighted by Crippen LogP contribution is 2.33. The number of nitrogens with zero attached hydrogens (tertiary/aromatic N) is 2. The van der Waals surface area contributed by atoms with E-state index in [1.807, 2.05) is 6.92 Å². The molecular formula is C12H12F3N3O. The van der Waals surface area contributed by atoms with E-state index < -0.39 is 11.9 Å². The molecule has 0 unspecified atom stereocenters. The van der Waals surface area contributed by atoms with Crippen LogP contribution in [0, 0.1) is 6.92 Å². The molecule has 0 aliphatic heterocycles. The Morgan fingerprint density at radius 2 is 1.95 bits per heavy atom. The zero-order chi connectivity index (χ0) is 14.2. The second-order valence-electron chi connectivity index (χ2n) is 4.13. The number of hydrogen-bond donors (Lipinski definition) is 1. The van der Waals surface area contributed by atoms with Crippen LogP contribution in [-0.2, 0) is 13.2 Å². The van der Waals surface area contributed by atoms with Gasteiger partial charge in [0.25, 0.3) is 0 Å². The average molecular weight is 271 g/mol. The summed E-state index contributed by atoms with van der Waals surface area (Å²) in [5.41, 5.74) is 6.03. The molecule has 19 heavy (non-hydrogen) atoms. The Morgan fingerprint density at radius 3 is 2.53 bits per heavy atom. The number of aromatic nitrogens is 2. The van der Waals surface area contributed by atoms with Crippen LogP contribution < -0.4 is 10.5 Å². The zero-order valence-corrected chi connectivity index (χ0v) is 10.3. The third-order valence-corrected chi connectivity index (χ3v) is 2.53. The lowest BCUT2D eigenvalue weighted by molar-refractivity contribution is -0.143. The topological polar surface area (TPSA) is 53.1 Å². The van der Waals surface area contributed by atoms with Crippen molar-refractivity contribution in [2.45, 2.75) is 13.1 Å². The SMILES string of the molecule is Cc1ccc(N)c(Oc2cc(C(F)(F)F)n(C)n2)c1. The van der Waals surface area contributed by atoms with Gasteiger partial charge >= 0.3 is 6.18 Å². The van der Waals surface area contributed by atoms with Crippen molar-refractivity contribution in [3.8, 4) is 11.6 Å². The first-order chi connectivity index (χ1) is 8.77. The molecule has 2 N–H and O–H groups in total. The first-order valence-electron chi connectivity index (χ1n) is 5.42. The third-order valence-electron chi connectivity index (χ3n) is 2.53. The van der Waals surface area contributed by atoms with Crippen molar-refractivity contribution in [1.82, 2.24) is 9.78 Å². The summed E-state index contributed by atoms with van der Waals surface area (Å²) < 4.78 is 43.8. The lowest BCUT2D eigenvalue weighted by atomic mass is 10.2. The van der Waals surface area contributed by atoms with Crippen molar-refractivity contribution in [2.24, 2.45) is 7.05 Å². The molecule has 1 aromatic carbocycles. The van der Waals surface area contributed by atoms with E-state index >= 15 is 0 Å². The van der Waals surface area contributed by atoms with Gasteiger partial charge in [0.1, 0.15) is 5.69 Å². The summed E-state index contributed by atoms with van der Waals surface area (Å²) in [6.07, 6.45) is -4.47. The summed E-state index contributed by atoms with van der Waals surface area (Å²) in [5, 5.41) is 3.66. The number of ether oxygens (including phenoxy) is 1. The minimum atomic E-state index is -4.47. The van der Waals surface area contributed by atoms with Gasteiger partial charge < -0.3 is 10.5 Å². The first-order valence-corrected chi connectivity index (χ1v) is 5.42. The number of nitrogens with two attached hydrogens (primary N) is 1. The molecule has 0 aliphatic rings. The van der Waals surface area contributed by atoms with Crippen LogP contribution in [0.4, 0.5) is 18.9 Å². The van der Waals surface area contributed by atoms with Crippen molar-refractivity contribution in [2.75, 3.05) is 5.73 Å². The molecule has 1 aromatic heterocycles. The normalized spacial score (nSPS) is 11.6. The van der Waals surface area contributed by atoms with Crippen LogP contribution in [0.2, 0.25) is 0 Å². The van der Waals surface area contributed by atoms with Gasteiger partial charge in [-0.25, -0.2) is 0 Å². The Hall–Kier alpha value is -2.18. The van der Waals surface area contributed by atoms with E-state index in [4.69, 9.17) is 10.5 Å². The molecule has 0 saturated carbocycles. The fourth-order valence-corrected chi connectivity index (χ4v) is 1.60. The van der Waals surface area contributed by atoms with Crippen LogP contribution in [0.25, 0.3) is 0 Å². The van der Waals surface area contributed by atoms with Crippen molar-refractivity contribution in [1.29, 1.82) is 0 Å². The Labute approximate surface area is 107 Å². The van der Waals surface area contributed by atoms with Crippen LogP contribution in [0.5, 0.6) is 11.6 Å². The summed E-state index contributed by atoms with van der Waals surface area (Å²) in [4.78, 5) is 0. The van der Waals surface area contributed by atoms with E-state index in [1.165, 1.54) is 7.05 Å². The van der Waals surface area contributed by atoms with Gasteiger partial charge in [-0.3, -0.25) is 4.68 Å². The van der Waals surface area contributed by atoms with E-state index in [9.17, 15) is 13.2 Å². The highest BCUT2D eigenvalue weighted by Gasteiger charge is 2.35. The number of halogens is 3. The quantitative estimate of drug-likeness (QED) is 0.854. The fraction of sp³-hybridized carbons (Fsp3) is 0.250. The second-order valence-corrected chi connectivity index (χ2v) is 4.13. The van der Waals surface area contributed by atoms with Gasteiger partial charge in [-0.15, -0.1) is 5.10 Å². The molecule has 0 fully saturated rings. The van der Waals surface area contributed by atoms with E-state index in [-0.39, 0.29) is 11.6 Å². The van der Waals surface area contributed by atoms with Crippen LogP contribution in [0.1, 0.15) is 11.3 Å². The number of hydrogen-bond acceptors (Lipinski definition) is 3. The molecule has 0 spiro atoms. The Morgan fingerprint density at radius 1 is 1.26 bits per heavy atom. The van der Waals surface area contributed by atoms with Crippen molar-refractivity contribution in [3.05, 3.63) is 35.5 Å². The summed E-state index contributed by atoms with van der Waals surface area (Å²) in [6.45, 7) is 1.83. The van der Waals surface area contributed by atoms with Crippen molar-refractivity contribution < 1.29 is 17.9 Å². The molecule has 2 rings (SSSR count).